The second-order valence-electron chi connectivity index (χ2n) is 7.17. The first-order chi connectivity index (χ1) is 15.2. The van der Waals surface area contributed by atoms with Crippen molar-refractivity contribution in [3.8, 4) is 10.7 Å². The maximum absolute atomic E-state index is 12.6. The summed E-state index contributed by atoms with van der Waals surface area (Å²) in [4.78, 5) is 13.7. The van der Waals surface area contributed by atoms with Crippen LogP contribution in [-0.2, 0) is 18.4 Å². The second kappa shape index (κ2) is 8.20. The predicted molar refractivity (Wildman–Crippen MR) is 129 cm³/mol. The third-order valence-electron chi connectivity index (χ3n) is 5.28. The molecule has 0 spiro atoms. The minimum atomic E-state index is -0.0655. The number of amides is 1. The molecular weight excluding hydrogens is 426 g/mol. The number of anilines is 1. The van der Waals surface area contributed by atoms with Crippen LogP contribution >= 0.6 is 23.1 Å². The van der Waals surface area contributed by atoms with Crippen LogP contribution in [0.4, 0.5) is 5.69 Å². The van der Waals surface area contributed by atoms with Gasteiger partial charge in [-0.1, -0.05) is 36.0 Å². The maximum atomic E-state index is 12.6. The number of benzene rings is 2. The van der Waals surface area contributed by atoms with Crippen LogP contribution in [0.25, 0.3) is 32.5 Å². The number of carbonyl (C=O) groups excluding carboxylic acids is 1. The SMILES string of the molecule is CCn1c2ccccc2c2cc(NC(=O)CSc3nnc(-c4cccs4)n3C)ccc21. The monoisotopic (exact) mass is 447 g/mol. The summed E-state index contributed by atoms with van der Waals surface area (Å²) in [6.07, 6.45) is 0. The zero-order valence-corrected chi connectivity index (χ0v) is 18.8. The van der Waals surface area contributed by atoms with Gasteiger partial charge in [-0.25, -0.2) is 0 Å². The predicted octanol–water partition coefficient (Wildman–Crippen LogP) is 5.40. The molecule has 3 heterocycles. The summed E-state index contributed by atoms with van der Waals surface area (Å²) in [6.45, 7) is 3.05. The van der Waals surface area contributed by atoms with Crippen molar-refractivity contribution in [2.24, 2.45) is 7.05 Å². The van der Waals surface area contributed by atoms with E-state index in [0.29, 0.717) is 0 Å². The van der Waals surface area contributed by atoms with E-state index < -0.39 is 0 Å². The number of aromatic nitrogens is 4. The molecule has 0 fully saturated rings. The first-order valence-corrected chi connectivity index (χ1v) is 11.9. The number of thioether (sulfide) groups is 1. The Morgan fingerprint density at radius 3 is 2.71 bits per heavy atom. The van der Waals surface area contributed by atoms with E-state index in [9.17, 15) is 4.79 Å². The van der Waals surface area contributed by atoms with Gasteiger partial charge in [0.25, 0.3) is 0 Å². The van der Waals surface area contributed by atoms with E-state index in [2.05, 4.69) is 63.4 Å². The van der Waals surface area contributed by atoms with Crippen LogP contribution in [0.3, 0.4) is 0 Å². The Labute approximate surface area is 187 Å². The summed E-state index contributed by atoms with van der Waals surface area (Å²) in [7, 11) is 1.92. The fraction of sp³-hybridized carbons (Fsp3) is 0.174. The van der Waals surface area contributed by atoms with Crippen molar-refractivity contribution in [3.63, 3.8) is 0 Å². The van der Waals surface area contributed by atoms with Crippen molar-refractivity contribution >= 4 is 56.5 Å². The number of hydrogen-bond donors (Lipinski definition) is 1. The van der Waals surface area contributed by atoms with Gasteiger partial charge in [0.2, 0.25) is 5.91 Å². The fourth-order valence-electron chi connectivity index (χ4n) is 3.86. The quantitative estimate of drug-likeness (QED) is 0.354. The molecule has 3 aromatic heterocycles. The van der Waals surface area contributed by atoms with Crippen molar-refractivity contribution in [2.75, 3.05) is 11.1 Å². The summed E-state index contributed by atoms with van der Waals surface area (Å²) >= 11 is 3.01. The third kappa shape index (κ3) is 3.62. The summed E-state index contributed by atoms with van der Waals surface area (Å²) in [6, 6.07) is 18.5. The Bertz CT molecular complexity index is 1380. The number of nitrogens with zero attached hydrogens (tertiary/aromatic N) is 4. The van der Waals surface area contributed by atoms with Crippen LogP contribution in [0, 0.1) is 0 Å². The number of thiophene rings is 1. The smallest absolute Gasteiger partial charge is 0.234 e. The Hall–Kier alpha value is -3.10. The Kier molecular flexibility index (Phi) is 5.25. The van der Waals surface area contributed by atoms with Gasteiger partial charge in [-0.05, 0) is 42.6 Å². The zero-order chi connectivity index (χ0) is 21.4. The highest BCUT2D eigenvalue weighted by Gasteiger charge is 2.14. The molecule has 0 unspecified atom stereocenters. The molecule has 0 saturated carbocycles. The molecule has 1 N–H and O–H groups in total. The number of para-hydroxylation sites is 1. The van der Waals surface area contributed by atoms with Crippen LogP contribution in [0.1, 0.15) is 6.92 Å². The highest BCUT2D eigenvalue weighted by atomic mass is 32.2. The molecule has 5 rings (SSSR count). The highest BCUT2D eigenvalue weighted by molar-refractivity contribution is 7.99. The zero-order valence-electron chi connectivity index (χ0n) is 17.2. The first kappa shape index (κ1) is 19.8. The number of nitrogens with one attached hydrogen (secondary N) is 1. The molecule has 0 aliphatic rings. The molecule has 0 radical (unpaired) electrons. The van der Waals surface area contributed by atoms with E-state index >= 15 is 0 Å². The van der Waals surface area contributed by atoms with Crippen LogP contribution in [0.5, 0.6) is 0 Å². The van der Waals surface area contributed by atoms with Gasteiger partial charge in [-0.2, -0.15) is 0 Å². The molecule has 0 aliphatic carbocycles. The summed E-state index contributed by atoms with van der Waals surface area (Å²) in [5, 5.41) is 16.6. The second-order valence-corrected chi connectivity index (χ2v) is 9.06. The van der Waals surface area contributed by atoms with Crippen molar-refractivity contribution in [1.82, 2.24) is 19.3 Å². The van der Waals surface area contributed by atoms with Gasteiger partial charge in [0, 0.05) is 41.1 Å². The van der Waals surface area contributed by atoms with E-state index in [4.69, 9.17) is 0 Å². The van der Waals surface area contributed by atoms with Crippen molar-refractivity contribution in [3.05, 3.63) is 60.0 Å². The van der Waals surface area contributed by atoms with E-state index in [1.165, 1.54) is 28.2 Å². The van der Waals surface area contributed by atoms with Crippen molar-refractivity contribution in [2.45, 2.75) is 18.6 Å². The van der Waals surface area contributed by atoms with Crippen molar-refractivity contribution in [1.29, 1.82) is 0 Å². The standard InChI is InChI=1S/C23H21N5OS2/c1-3-28-18-8-5-4-7-16(18)17-13-15(10-11-19(17)28)24-21(29)14-31-23-26-25-22(27(23)2)20-9-6-12-30-20/h4-13H,3,14H2,1-2H3,(H,24,29). The van der Waals surface area contributed by atoms with Gasteiger partial charge in [-0.3, -0.25) is 4.79 Å². The van der Waals surface area contributed by atoms with Crippen LogP contribution in [0.2, 0.25) is 0 Å². The lowest BCUT2D eigenvalue weighted by Gasteiger charge is -2.07. The van der Waals surface area contributed by atoms with Crippen LogP contribution < -0.4 is 5.32 Å². The van der Waals surface area contributed by atoms with Gasteiger partial charge < -0.3 is 14.5 Å². The minimum Gasteiger partial charge on any atom is -0.341 e. The highest BCUT2D eigenvalue weighted by Crippen LogP contribution is 2.31. The summed E-state index contributed by atoms with van der Waals surface area (Å²) < 4.78 is 4.22. The number of hydrogen-bond acceptors (Lipinski definition) is 5. The van der Waals surface area contributed by atoms with Crippen LogP contribution in [0.15, 0.2) is 65.1 Å². The lowest BCUT2D eigenvalue weighted by atomic mass is 10.1. The molecule has 5 aromatic rings. The fourth-order valence-corrected chi connectivity index (χ4v) is 5.32. The Morgan fingerprint density at radius 1 is 1.06 bits per heavy atom. The number of aryl methyl sites for hydroxylation is 1. The lowest BCUT2D eigenvalue weighted by Crippen LogP contribution is -2.14. The topological polar surface area (TPSA) is 64.7 Å². The Balaban J connectivity index is 1.32. The lowest BCUT2D eigenvalue weighted by molar-refractivity contribution is -0.113. The molecular formula is C23H21N5OS2. The Morgan fingerprint density at radius 2 is 1.90 bits per heavy atom. The number of rotatable bonds is 6. The average Bonchev–Trinajstić information content (AvgIpc) is 3.50. The summed E-state index contributed by atoms with van der Waals surface area (Å²) in [5.74, 6) is 1.02. The molecule has 8 heteroatoms. The number of carbonyl (C=O) groups is 1. The van der Waals surface area contributed by atoms with Crippen molar-refractivity contribution < 1.29 is 4.79 Å². The normalized spacial score (nSPS) is 11.4. The van der Waals surface area contributed by atoms with Crippen LogP contribution in [-0.4, -0.2) is 31.0 Å². The molecule has 0 saturated heterocycles. The molecule has 0 aliphatic heterocycles. The molecule has 156 valence electrons. The maximum Gasteiger partial charge on any atom is 0.234 e. The molecule has 6 nitrogen and oxygen atoms in total. The van der Waals surface area contributed by atoms with E-state index in [-0.39, 0.29) is 11.7 Å². The average molecular weight is 448 g/mol. The molecule has 31 heavy (non-hydrogen) atoms. The minimum absolute atomic E-state index is 0.0655. The van der Waals surface area contributed by atoms with E-state index in [1.807, 2.05) is 35.2 Å². The van der Waals surface area contributed by atoms with E-state index in [0.717, 1.165) is 33.5 Å². The molecule has 0 bridgehead atoms. The van der Waals surface area contributed by atoms with Gasteiger partial charge in [0.15, 0.2) is 11.0 Å². The number of fused-ring (bicyclic) bond motifs is 3. The third-order valence-corrected chi connectivity index (χ3v) is 7.17. The molecule has 0 atom stereocenters. The van der Waals surface area contributed by atoms with Gasteiger partial charge in [0.1, 0.15) is 0 Å². The first-order valence-electron chi connectivity index (χ1n) is 10.0. The molecule has 1 amide bonds. The summed E-state index contributed by atoms with van der Waals surface area (Å²) in [5.41, 5.74) is 3.19. The molecule has 2 aromatic carbocycles. The van der Waals surface area contributed by atoms with Gasteiger partial charge >= 0.3 is 0 Å². The van der Waals surface area contributed by atoms with Gasteiger partial charge in [-0.15, -0.1) is 21.5 Å². The van der Waals surface area contributed by atoms with Gasteiger partial charge in [0.05, 0.1) is 10.6 Å². The largest absolute Gasteiger partial charge is 0.341 e. The van der Waals surface area contributed by atoms with E-state index in [1.54, 1.807) is 11.3 Å².